The number of fused-ring (bicyclic) bond motifs is 1. The normalized spacial score (nSPS) is 16.6. The number of carbonyl (C=O) groups excluding carboxylic acids is 1. The van der Waals surface area contributed by atoms with Crippen LogP contribution in [0.2, 0.25) is 0 Å². The lowest BCUT2D eigenvalue weighted by Crippen LogP contribution is -2.49. The summed E-state index contributed by atoms with van der Waals surface area (Å²) in [7, 11) is 0. The number of para-hydroxylation sites is 1. The first kappa shape index (κ1) is 13.1. The second-order valence-electron chi connectivity index (χ2n) is 5.66. The maximum atomic E-state index is 11.9. The summed E-state index contributed by atoms with van der Waals surface area (Å²) >= 11 is 0. The van der Waals surface area contributed by atoms with Crippen LogP contribution in [0.5, 0.6) is 0 Å². The molecule has 0 saturated heterocycles. The molecule has 1 heterocycles. The molecule has 1 aliphatic carbocycles. The molecule has 20 heavy (non-hydrogen) atoms. The van der Waals surface area contributed by atoms with Crippen LogP contribution in [0.15, 0.2) is 36.5 Å². The van der Waals surface area contributed by atoms with Gasteiger partial charge in [0, 0.05) is 30.1 Å². The number of carbonyl (C=O) groups is 1. The van der Waals surface area contributed by atoms with Gasteiger partial charge in [0.15, 0.2) is 0 Å². The van der Waals surface area contributed by atoms with Gasteiger partial charge >= 0.3 is 0 Å². The Bertz CT molecular complexity index is 629. The monoisotopic (exact) mass is 269 g/mol. The van der Waals surface area contributed by atoms with E-state index >= 15 is 0 Å². The van der Waals surface area contributed by atoms with Gasteiger partial charge in [-0.25, -0.2) is 0 Å². The van der Waals surface area contributed by atoms with E-state index in [1.165, 1.54) is 0 Å². The Morgan fingerprint density at radius 2 is 2.10 bits per heavy atom. The van der Waals surface area contributed by atoms with Crippen molar-refractivity contribution in [2.45, 2.75) is 37.8 Å². The molecule has 0 unspecified atom stereocenters. The number of aromatic nitrogens is 1. The van der Waals surface area contributed by atoms with Crippen LogP contribution in [-0.4, -0.2) is 16.4 Å². The standard InChI is InChI=1S/C16H19N3O/c17-16(7-3-8-16)10-14(20)19-11-13-5-1-4-12-6-2-9-18-15(12)13/h1-2,4-6,9H,3,7-8,10-11,17H2,(H,19,20). The Balaban J connectivity index is 1.66. The second-order valence-corrected chi connectivity index (χ2v) is 5.66. The van der Waals surface area contributed by atoms with E-state index < -0.39 is 0 Å². The number of amides is 1. The highest BCUT2D eigenvalue weighted by Crippen LogP contribution is 2.31. The van der Waals surface area contributed by atoms with Crippen LogP contribution >= 0.6 is 0 Å². The zero-order valence-electron chi connectivity index (χ0n) is 11.4. The molecule has 1 aromatic carbocycles. The maximum absolute atomic E-state index is 11.9. The average Bonchev–Trinajstić information content (AvgIpc) is 2.43. The van der Waals surface area contributed by atoms with Crippen molar-refractivity contribution in [3.05, 3.63) is 42.1 Å². The Kier molecular flexibility index (Phi) is 3.40. The number of nitrogens with one attached hydrogen (secondary N) is 1. The molecule has 3 rings (SSSR count). The number of hydrogen-bond donors (Lipinski definition) is 2. The number of rotatable bonds is 4. The molecule has 1 saturated carbocycles. The van der Waals surface area contributed by atoms with Gasteiger partial charge in [-0.1, -0.05) is 24.3 Å². The predicted octanol–water partition coefficient (Wildman–Crippen LogP) is 2.12. The van der Waals surface area contributed by atoms with Crippen molar-refractivity contribution in [1.29, 1.82) is 0 Å². The van der Waals surface area contributed by atoms with Gasteiger partial charge in [-0.2, -0.15) is 0 Å². The van der Waals surface area contributed by atoms with Crippen molar-refractivity contribution < 1.29 is 4.79 Å². The summed E-state index contributed by atoms with van der Waals surface area (Å²) in [4.78, 5) is 16.3. The molecule has 1 amide bonds. The first-order valence-electron chi connectivity index (χ1n) is 7.05. The molecule has 0 atom stereocenters. The molecule has 2 aromatic rings. The van der Waals surface area contributed by atoms with Crippen molar-refractivity contribution >= 4 is 16.8 Å². The number of nitrogens with zero attached hydrogens (tertiary/aromatic N) is 1. The average molecular weight is 269 g/mol. The van der Waals surface area contributed by atoms with E-state index in [4.69, 9.17) is 5.73 Å². The topological polar surface area (TPSA) is 68.0 Å². The van der Waals surface area contributed by atoms with Crippen LogP contribution in [0, 0.1) is 0 Å². The summed E-state index contributed by atoms with van der Waals surface area (Å²) in [5.74, 6) is 0.0279. The summed E-state index contributed by atoms with van der Waals surface area (Å²) in [6.07, 6.45) is 5.24. The molecule has 3 N–H and O–H groups in total. The van der Waals surface area contributed by atoms with Gasteiger partial charge in [0.1, 0.15) is 0 Å². The van der Waals surface area contributed by atoms with Crippen LogP contribution in [0.3, 0.4) is 0 Å². The Morgan fingerprint density at radius 1 is 1.30 bits per heavy atom. The van der Waals surface area contributed by atoms with Crippen LogP contribution < -0.4 is 11.1 Å². The van der Waals surface area contributed by atoms with E-state index in [1.807, 2.05) is 30.3 Å². The van der Waals surface area contributed by atoms with Crippen molar-refractivity contribution in [2.24, 2.45) is 5.73 Å². The summed E-state index contributed by atoms with van der Waals surface area (Å²) < 4.78 is 0. The highest BCUT2D eigenvalue weighted by atomic mass is 16.1. The van der Waals surface area contributed by atoms with Gasteiger partial charge in [-0.3, -0.25) is 9.78 Å². The van der Waals surface area contributed by atoms with Crippen molar-refractivity contribution in [2.75, 3.05) is 0 Å². The Morgan fingerprint density at radius 3 is 2.85 bits per heavy atom. The molecule has 0 aliphatic heterocycles. The van der Waals surface area contributed by atoms with Crippen LogP contribution in [0.4, 0.5) is 0 Å². The molecule has 0 bridgehead atoms. The van der Waals surface area contributed by atoms with Gasteiger partial charge in [-0.05, 0) is 30.9 Å². The number of pyridine rings is 1. The third-order valence-electron chi connectivity index (χ3n) is 4.05. The summed E-state index contributed by atoms with van der Waals surface area (Å²) in [5.41, 5.74) is 7.81. The van der Waals surface area contributed by atoms with Gasteiger partial charge < -0.3 is 11.1 Å². The summed E-state index contributed by atoms with van der Waals surface area (Å²) in [6, 6.07) is 9.95. The summed E-state index contributed by atoms with van der Waals surface area (Å²) in [5, 5.41) is 4.05. The van der Waals surface area contributed by atoms with Gasteiger partial charge in [0.05, 0.1) is 5.52 Å². The van der Waals surface area contributed by atoms with E-state index in [9.17, 15) is 4.79 Å². The highest BCUT2D eigenvalue weighted by molar-refractivity contribution is 5.82. The number of benzene rings is 1. The SMILES string of the molecule is NC1(CC(=O)NCc2cccc3cccnc23)CCC1. The molecule has 1 aliphatic rings. The fourth-order valence-corrected chi connectivity index (χ4v) is 2.69. The minimum absolute atomic E-state index is 0.0279. The summed E-state index contributed by atoms with van der Waals surface area (Å²) in [6.45, 7) is 0.503. The lowest BCUT2D eigenvalue weighted by molar-refractivity contribution is -0.123. The van der Waals surface area contributed by atoms with E-state index in [-0.39, 0.29) is 11.4 Å². The third-order valence-corrected chi connectivity index (χ3v) is 4.05. The predicted molar refractivity (Wildman–Crippen MR) is 79.0 cm³/mol. The highest BCUT2D eigenvalue weighted by Gasteiger charge is 2.34. The largest absolute Gasteiger partial charge is 0.352 e. The first-order valence-corrected chi connectivity index (χ1v) is 7.05. The van der Waals surface area contributed by atoms with E-state index in [1.54, 1.807) is 6.20 Å². The molecule has 1 aromatic heterocycles. The second kappa shape index (κ2) is 5.21. The van der Waals surface area contributed by atoms with Crippen LogP contribution in [0.1, 0.15) is 31.2 Å². The lowest BCUT2D eigenvalue weighted by Gasteiger charge is -2.37. The fraction of sp³-hybridized carbons (Fsp3) is 0.375. The van der Waals surface area contributed by atoms with Gasteiger partial charge in [-0.15, -0.1) is 0 Å². The van der Waals surface area contributed by atoms with Gasteiger partial charge in [0.25, 0.3) is 0 Å². The zero-order chi connectivity index (χ0) is 14.0. The molecular formula is C16H19N3O. The minimum atomic E-state index is -0.263. The third kappa shape index (κ3) is 2.65. The van der Waals surface area contributed by atoms with Crippen molar-refractivity contribution in [1.82, 2.24) is 10.3 Å². The Hall–Kier alpha value is -1.94. The van der Waals surface area contributed by atoms with Crippen molar-refractivity contribution in [3.63, 3.8) is 0 Å². The molecule has 4 nitrogen and oxygen atoms in total. The lowest BCUT2D eigenvalue weighted by atomic mass is 9.75. The molecule has 4 heteroatoms. The molecular weight excluding hydrogens is 250 g/mol. The molecule has 0 spiro atoms. The Labute approximate surface area is 118 Å². The van der Waals surface area contributed by atoms with Crippen LogP contribution in [0.25, 0.3) is 10.9 Å². The maximum Gasteiger partial charge on any atom is 0.222 e. The number of nitrogens with two attached hydrogens (primary N) is 1. The van der Waals surface area contributed by atoms with Crippen molar-refractivity contribution in [3.8, 4) is 0 Å². The molecule has 104 valence electrons. The fourth-order valence-electron chi connectivity index (χ4n) is 2.69. The van der Waals surface area contributed by atoms with Gasteiger partial charge in [0.2, 0.25) is 5.91 Å². The van der Waals surface area contributed by atoms with E-state index in [0.29, 0.717) is 13.0 Å². The van der Waals surface area contributed by atoms with E-state index in [2.05, 4.69) is 10.3 Å². The zero-order valence-corrected chi connectivity index (χ0v) is 11.4. The first-order chi connectivity index (χ1) is 9.66. The van der Waals surface area contributed by atoms with E-state index in [0.717, 1.165) is 35.7 Å². The smallest absolute Gasteiger partial charge is 0.222 e. The molecule has 0 radical (unpaired) electrons. The minimum Gasteiger partial charge on any atom is -0.352 e. The quantitative estimate of drug-likeness (QED) is 0.893. The number of hydrogen-bond acceptors (Lipinski definition) is 3. The van der Waals surface area contributed by atoms with Crippen LogP contribution in [-0.2, 0) is 11.3 Å². The molecule has 1 fully saturated rings.